The van der Waals surface area contributed by atoms with Crippen LogP contribution in [0, 0.1) is 6.92 Å². The maximum Gasteiger partial charge on any atom is 0.230 e. The Morgan fingerprint density at radius 3 is 2.70 bits per heavy atom. The van der Waals surface area contributed by atoms with Crippen molar-refractivity contribution in [2.24, 2.45) is 0 Å². The molecule has 9 heteroatoms. The monoisotopic (exact) mass is 380 g/mol. The number of fused-ring (bicyclic) bond motifs is 1. The largest absolute Gasteiger partial charge is 0.384 e. The van der Waals surface area contributed by atoms with Crippen molar-refractivity contribution in [1.29, 1.82) is 0 Å². The van der Waals surface area contributed by atoms with Crippen LogP contribution in [0.1, 0.15) is 19.5 Å². The molecular formula is C18H20N8S. The van der Waals surface area contributed by atoms with Gasteiger partial charge in [-0.25, -0.2) is 9.97 Å². The number of nitrogens with one attached hydrogen (secondary N) is 2. The Balaban J connectivity index is 1.82. The quantitative estimate of drug-likeness (QED) is 0.484. The van der Waals surface area contributed by atoms with Crippen LogP contribution in [-0.4, -0.2) is 29.9 Å². The summed E-state index contributed by atoms with van der Waals surface area (Å²) in [6.07, 6.45) is 3.69. The number of nitrogens with zero attached hydrogens (tertiary/aromatic N) is 5. The van der Waals surface area contributed by atoms with Gasteiger partial charge in [-0.15, -0.1) is 0 Å². The highest BCUT2D eigenvalue weighted by atomic mass is 32.1. The molecule has 4 aromatic rings. The van der Waals surface area contributed by atoms with Crippen LogP contribution < -0.4 is 16.4 Å². The van der Waals surface area contributed by atoms with Crippen molar-refractivity contribution in [3.63, 3.8) is 0 Å². The van der Waals surface area contributed by atoms with E-state index in [9.17, 15) is 0 Å². The smallest absolute Gasteiger partial charge is 0.230 e. The minimum atomic E-state index is 0.217. The number of aromatic nitrogens is 5. The predicted molar refractivity (Wildman–Crippen MR) is 110 cm³/mol. The number of aryl methyl sites for hydroxylation is 1. The number of hydrogen-bond acceptors (Lipinski definition) is 8. The zero-order chi connectivity index (χ0) is 19.0. The molecule has 0 spiro atoms. The topological polar surface area (TPSA) is 107 Å². The SMILES string of the molecule is Cc1cc(Nc2nc(NC(C)C)c3c(ccn3-c3ccc(N)nc3)n2)sn1. The van der Waals surface area contributed by atoms with Gasteiger partial charge in [0, 0.05) is 12.2 Å². The van der Waals surface area contributed by atoms with Crippen LogP contribution in [0.15, 0.2) is 36.7 Å². The van der Waals surface area contributed by atoms with E-state index in [1.807, 2.05) is 35.9 Å². The Morgan fingerprint density at radius 2 is 2.04 bits per heavy atom. The lowest BCUT2D eigenvalue weighted by atomic mass is 10.3. The first-order valence-electron chi connectivity index (χ1n) is 8.57. The van der Waals surface area contributed by atoms with Crippen LogP contribution in [0.4, 0.5) is 22.6 Å². The van der Waals surface area contributed by atoms with Crippen molar-refractivity contribution in [1.82, 2.24) is 23.9 Å². The van der Waals surface area contributed by atoms with Gasteiger partial charge in [0.25, 0.3) is 0 Å². The fraction of sp³-hybridized carbons (Fsp3) is 0.222. The summed E-state index contributed by atoms with van der Waals surface area (Å²) in [6.45, 7) is 6.11. The Labute approximate surface area is 160 Å². The molecule has 0 atom stereocenters. The van der Waals surface area contributed by atoms with Crippen molar-refractivity contribution >= 4 is 45.2 Å². The third-order valence-electron chi connectivity index (χ3n) is 3.87. The van der Waals surface area contributed by atoms with Gasteiger partial charge in [0.2, 0.25) is 5.95 Å². The molecule has 27 heavy (non-hydrogen) atoms. The van der Waals surface area contributed by atoms with Crippen LogP contribution in [0.2, 0.25) is 0 Å². The maximum atomic E-state index is 5.71. The summed E-state index contributed by atoms with van der Waals surface area (Å²) in [7, 11) is 0. The van der Waals surface area contributed by atoms with Crippen molar-refractivity contribution in [2.45, 2.75) is 26.8 Å². The Morgan fingerprint density at radius 1 is 1.19 bits per heavy atom. The summed E-state index contributed by atoms with van der Waals surface area (Å²) in [5.74, 6) is 1.77. The van der Waals surface area contributed by atoms with Gasteiger partial charge < -0.3 is 20.9 Å². The van der Waals surface area contributed by atoms with E-state index in [2.05, 4.69) is 38.8 Å². The number of anilines is 4. The van der Waals surface area contributed by atoms with Crippen molar-refractivity contribution in [3.8, 4) is 5.69 Å². The van der Waals surface area contributed by atoms with Crippen molar-refractivity contribution < 1.29 is 0 Å². The predicted octanol–water partition coefficient (Wildman–Crippen LogP) is 3.73. The van der Waals surface area contributed by atoms with Gasteiger partial charge in [0.1, 0.15) is 16.3 Å². The highest BCUT2D eigenvalue weighted by Gasteiger charge is 2.15. The van der Waals surface area contributed by atoms with Crippen LogP contribution in [-0.2, 0) is 0 Å². The summed E-state index contributed by atoms with van der Waals surface area (Å²) < 4.78 is 6.29. The fourth-order valence-electron chi connectivity index (χ4n) is 2.76. The average molecular weight is 380 g/mol. The minimum Gasteiger partial charge on any atom is -0.384 e. The van der Waals surface area contributed by atoms with Gasteiger partial charge in [-0.3, -0.25) is 0 Å². The average Bonchev–Trinajstić information content (AvgIpc) is 3.21. The van der Waals surface area contributed by atoms with E-state index in [-0.39, 0.29) is 6.04 Å². The highest BCUT2D eigenvalue weighted by molar-refractivity contribution is 7.10. The first-order valence-corrected chi connectivity index (χ1v) is 9.35. The molecule has 4 N–H and O–H groups in total. The number of nitrogens with two attached hydrogens (primary N) is 1. The summed E-state index contributed by atoms with van der Waals surface area (Å²) >= 11 is 1.39. The van der Waals surface area contributed by atoms with Gasteiger partial charge >= 0.3 is 0 Å². The normalized spacial score (nSPS) is 11.3. The zero-order valence-electron chi connectivity index (χ0n) is 15.3. The van der Waals surface area contributed by atoms with Gasteiger partial charge in [-0.05, 0) is 56.6 Å². The van der Waals surface area contributed by atoms with Gasteiger partial charge in [0.05, 0.1) is 23.1 Å². The highest BCUT2D eigenvalue weighted by Crippen LogP contribution is 2.28. The van der Waals surface area contributed by atoms with E-state index in [1.54, 1.807) is 12.3 Å². The Bertz CT molecular complexity index is 1080. The molecule has 0 radical (unpaired) electrons. The fourth-order valence-corrected chi connectivity index (χ4v) is 3.42. The Hall–Kier alpha value is -3.20. The van der Waals surface area contributed by atoms with Crippen LogP contribution in [0.5, 0.6) is 0 Å². The Kier molecular flexibility index (Phi) is 4.36. The summed E-state index contributed by atoms with van der Waals surface area (Å²) in [4.78, 5) is 13.5. The first-order chi connectivity index (χ1) is 13.0. The summed E-state index contributed by atoms with van der Waals surface area (Å²) in [5.41, 5.74) is 9.29. The molecule has 0 unspecified atom stereocenters. The molecule has 0 aliphatic heterocycles. The third-order valence-corrected chi connectivity index (χ3v) is 4.67. The van der Waals surface area contributed by atoms with Crippen LogP contribution >= 0.6 is 11.5 Å². The second kappa shape index (κ2) is 6.84. The number of nitrogen functional groups attached to an aromatic ring is 1. The van der Waals surface area contributed by atoms with E-state index >= 15 is 0 Å². The molecule has 0 amide bonds. The standard InChI is InChI=1S/C18H20N8S/c1-10(2)21-17-16-13(6-7-26(16)12-4-5-14(19)20-9-12)22-18(24-17)23-15-8-11(3)25-27-15/h4-10H,1-3H3,(H2,19,20)(H2,21,22,23,24). The molecule has 0 fully saturated rings. The van der Waals surface area contributed by atoms with Crippen molar-refractivity contribution in [2.75, 3.05) is 16.4 Å². The molecule has 0 bridgehead atoms. The second-order valence-electron chi connectivity index (χ2n) is 6.51. The molecule has 0 aliphatic carbocycles. The van der Waals surface area contributed by atoms with E-state index in [4.69, 9.17) is 10.7 Å². The molecule has 8 nitrogen and oxygen atoms in total. The lowest BCUT2D eigenvalue weighted by Gasteiger charge is -2.14. The number of pyridine rings is 1. The number of rotatable bonds is 5. The summed E-state index contributed by atoms with van der Waals surface area (Å²) in [5, 5.41) is 7.57. The molecule has 4 heterocycles. The maximum absolute atomic E-state index is 5.71. The molecule has 0 saturated heterocycles. The minimum absolute atomic E-state index is 0.217. The van der Waals surface area contributed by atoms with E-state index in [0.717, 1.165) is 33.2 Å². The lowest BCUT2D eigenvalue weighted by Crippen LogP contribution is -2.13. The molecule has 4 aromatic heterocycles. The third kappa shape index (κ3) is 3.54. The first kappa shape index (κ1) is 17.2. The van der Waals surface area contributed by atoms with E-state index in [1.165, 1.54) is 11.5 Å². The summed E-state index contributed by atoms with van der Waals surface area (Å²) in [6, 6.07) is 7.85. The van der Waals surface area contributed by atoms with Crippen LogP contribution in [0.3, 0.4) is 0 Å². The van der Waals surface area contributed by atoms with E-state index < -0.39 is 0 Å². The molecule has 0 saturated carbocycles. The number of hydrogen-bond donors (Lipinski definition) is 3. The lowest BCUT2D eigenvalue weighted by molar-refractivity contribution is 0.888. The van der Waals surface area contributed by atoms with Gasteiger partial charge in [-0.2, -0.15) is 9.36 Å². The molecular weight excluding hydrogens is 360 g/mol. The van der Waals surface area contributed by atoms with Crippen molar-refractivity contribution in [3.05, 3.63) is 42.4 Å². The molecule has 4 rings (SSSR count). The second-order valence-corrected chi connectivity index (χ2v) is 7.32. The molecule has 138 valence electrons. The van der Waals surface area contributed by atoms with Gasteiger partial charge in [0.15, 0.2) is 5.82 Å². The van der Waals surface area contributed by atoms with Crippen LogP contribution in [0.25, 0.3) is 16.7 Å². The van der Waals surface area contributed by atoms with E-state index in [0.29, 0.717) is 11.8 Å². The van der Waals surface area contributed by atoms with Gasteiger partial charge in [-0.1, -0.05) is 0 Å². The molecule has 0 aliphatic rings. The molecule has 0 aromatic carbocycles. The zero-order valence-corrected chi connectivity index (χ0v) is 16.1.